The summed E-state index contributed by atoms with van der Waals surface area (Å²) in [5.74, 6) is -0.0767. The Hall–Kier alpha value is -2.74. The number of nitrogens with one attached hydrogen (secondary N) is 1. The highest BCUT2D eigenvalue weighted by atomic mass is 32.2. The molecule has 1 aromatic heterocycles. The van der Waals surface area contributed by atoms with Gasteiger partial charge in [0.25, 0.3) is 0 Å². The summed E-state index contributed by atoms with van der Waals surface area (Å²) in [5.41, 5.74) is 1.07. The summed E-state index contributed by atoms with van der Waals surface area (Å²) in [6.45, 7) is 0.210. The molecule has 0 fully saturated rings. The third-order valence-electron chi connectivity index (χ3n) is 3.34. The molecule has 8 heteroatoms. The molecule has 24 heavy (non-hydrogen) atoms. The maximum Gasteiger partial charge on any atom is 0.316 e. The Morgan fingerprint density at radius 1 is 1.08 bits per heavy atom. The van der Waals surface area contributed by atoms with E-state index in [1.54, 1.807) is 30.3 Å². The van der Waals surface area contributed by atoms with E-state index in [0.717, 1.165) is 6.26 Å². The standard InChI is InChI=1S/C16H14FN3O3S/c1-24(21,22)13-8-6-11(7-9-13)15-19-20-16(23-15)18-10-12-4-2-3-5-14(12)17/h2-9H,10H2,1H3,(H,18,20). The molecule has 0 aliphatic rings. The summed E-state index contributed by atoms with van der Waals surface area (Å²) in [7, 11) is -3.25. The molecule has 0 bridgehead atoms. The molecular weight excluding hydrogens is 333 g/mol. The predicted molar refractivity (Wildman–Crippen MR) is 86.6 cm³/mol. The molecule has 1 N–H and O–H groups in total. The van der Waals surface area contributed by atoms with Gasteiger partial charge < -0.3 is 9.73 Å². The van der Waals surface area contributed by atoms with Crippen molar-refractivity contribution in [3.8, 4) is 11.5 Å². The Labute approximate surface area is 138 Å². The van der Waals surface area contributed by atoms with E-state index in [1.165, 1.54) is 18.2 Å². The molecule has 3 rings (SSSR count). The van der Waals surface area contributed by atoms with E-state index in [4.69, 9.17) is 4.42 Å². The van der Waals surface area contributed by atoms with Crippen molar-refractivity contribution in [2.24, 2.45) is 0 Å². The van der Waals surface area contributed by atoms with Crippen LogP contribution in [0.15, 0.2) is 57.8 Å². The minimum atomic E-state index is -3.25. The van der Waals surface area contributed by atoms with Crippen molar-refractivity contribution in [3.05, 3.63) is 59.9 Å². The molecule has 0 atom stereocenters. The first-order valence-electron chi connectivity index (χ1n) is 7.05. The van der Waals surface area contributed by atoms with E-state index in [1.807, 2.05) is 0 Å². The van der Waals surface area contributed by atoms with Gasteiger partial charge in [0, 0.05) is 23.9 Å². The zero-order valence-electron chi connectivity index (χ0n) is 12.7. The van der Waals surface area contributed by atoms with Gasteiger partial charge in [-0.3, -0.25) is 0 Å². The van der Waals surface area contributed by atoms with E-state index in [2.05, 4.69) is 15.5 Å². The number of hydrogen-bond acceptors (Lipinski definition) is 6. The van der Waals surface area contributed by atoms with Crippen LogP contribution in [0.4, 0.5) is 10.4 Å². The highest BCUT2D eigenvalue weighted by molar-refractivity contribution is 7.90. The van der Waals surface area contributed by atoms with Gasteiger partial charge in [0.2, 0.25) is 5.89 Å². The van der Waals surface area contributed by atoms with Gasteiger partial charge in [-0.15, -0.1) is 5.10 Å². The molecular formula is C16H14FN3O3S. The topological polar surface area (TPSA) is 85.1 Å². The third-order valence-corrected chi connectivity index (χ3v) is 4.47. The first-order valence-corrected chi connectivity index (χ1v) is 8.94. The number of anilines is 1. The SMILES string of the molecule is CS(=O)(=O)c1ccc(-c2nnc(NCc3ccccc3F)o2)cc1. The fourth-order valence-corrected chi connectivity index (χ4v) is 2.70. The number of halogens is 1. The molecule has 0 spiro atoms. The summed E-state index contributed by atoms with van der Waals surface area (Å²) in [6.07, 6.45) is 1.14. The number of nitrogens with zero attached hydrogens (tertiary/aromatic N) is 2. The number of aromatic nitrogens is 2. The minimum Gasteiger partial charge on any atom is -0.403 e. The molecule has 0 saturated heterocycles. The molecule has 0 radical (unpaired) electrons. The largest absolute Gasteiger partial charge is 0.403 e. The van der Waals surface area contributed by atoms with E-state index in [9.17, 15) is 12.8 Å². The van der Waals surface area contributed by atoms with Crippen molar-refractivity contribution in [1.29, 1.82) is 0 Å². The summed E-state index contributed by atoms with van der Waals surface area (Å²) < 4.78 is 41.9. The van der Waals surface area contributed by atoms with E-state index < -0.39 is 9.84 Å². The highest BCUT2D eigenvalue weighted by Gasteiger charge is 2.11. The van der Waals surface area contributed by atoms with Crippen LogP contribution in [0.25, 0.3) is 11.5 Å². The monoisotopic (exact) mass is 347 g/mol. The molecule has 0 amide bonds. The number of hydrogen-bond donors (Lipinski definition) is 1. The molecule has 2 aromatic carbocycles. The van der Waals surface area contributed by atoms with Gasteiger partial charge in [-0.2, -0.15) is 0 Å². The highest BCUT2D eigenvalue weighted by Crippen LogP contribution is 2.22. The Balaban J connectivity index is 1.72. The fraction of sp³-hybridized carbons (Fsp3) is 0.125. The maximum absolute atomic E-state index is 13.5. The second kappa shape index (κ2) is 6.40. The zero-order chi connectivity index (χ0) is 17.2. The van der Waals surface area contributed by atoms with Gasteiger partial charge in [0.15, 0.2) is 9.84 Å². The minimum absolute atomic E-state index is 0.153. The van der Waals surface area contributed by atoms with Crippen molar-refractivity contribution in [2.75, 3.05) is 11.6 Å². The lowest BCUT2D eigenvalue weighted by atomic mass is 10.2. The summed E-state index contributed by atoms with van der Waals surface area (Å²) in [5, 5.41) is 10.6. The summed E-state index contributed by atoms with van der Waals surface area (Å²) >= 11 is 0. The lowest BCUT2D eigenvalue weighted by molar-refractivity contribution is 0.576. The lowest BCUT2D eigenvalue weighted by Gasteiger charge is -2.02. The van der Waals surface area contributed by atoms with Crippen molar-refractivity contribution in [3.63, 3.8) is 0 Å². The van der Waals surface area contributed by atoms with Crippen molar-refractivity contribution in [2.45, 2.75) is 11.4 Å². The average Bonchev–Trinajstić information content (AvgIpc) is 3.02. The van der Waals surface area contributed by atoms with E-state index >= 15 is 0 Å². The molecule has 0 aliphatic heterocycles. The van der Waals surface area contributed by atoms with Crippen LogP contribution in [0.3, 0.4) is 0 Å². The second-order valence-electron chi connectivity index (χ2n) is 5.15. The van der Waals surface area contributed by atoms with Crippen LogP contribution < -0.4 is 5.32 Å². The van der Waals surface area contributed by atoms with Gasteiger partial charge >= 0.3 is 6.01 Å². The van der Waals surface area contributed by atoms with Gasteiger partial charge in [-0.25, -0.2) is 12.8 Å². The predicted octanol–water partition coefficient (Wildman–Crippen LogP) is 2.89. The number of benzene rings is 2. The van der Waals surface area contributed by atoms with Crippen molar-refractivity contribution < 1.29 is 17.2 Å². The number of sulfone groups is 1. The summed E-state index contributed by atoms with van der Waals surface area (Å²) in [6, 6.07) is 12.7. The van der Waals surface area contributed by atoms with Crippen LogP contribution >= 0.6 is 0 Å². The Bertz CT molecular complexity index is 953. The van der Waals surface area contributed by atoms with Crippen LogP contribution in [0.5, 0.6) is 0 Å². The Morgan fingerprint density at radius 3 is 2.46 bits per heavy atom. The van der Waals surface area contributed by atoms with Gasteiger partial charge in [-0.05, 0) is 30.3 Å². The first-order chi connectivity index (χ1) is 11.4. The number of rotatable bonds is 5. The van der Waals surface area contributed by atoms with Crippen LogP contribution in [0, 0.1) is 5.82 Å². The molecule has 124 valence electrons. The Kier molecular flexibility index (Phi) is 4.30. The quantitative estimate of drug-likeness (QED) is 0.764. The van der Waals surface area contributed by atoms with Crippen molar-refractivity contribution in [1.82, 2.24) is 10.2 Å². The first kappa shape index (κ1) is 16.1. The molecule has 0 aliphatic carbocycles. The normalized spacial score (nSPS) is 11.4. The molecule has 1 heterocycles. The second-order valence-corrected chi connectivity index (χ2v) is 7.17. The van der Waals surface area contributed by atoms with Gasteiger partial charge in [0.1, 0.15) is 5.82 Å². The van der Waals surface area contributed by atoms with Crippen LogP contribution in [-0.4, -0.2) is 24.9 Å². The van der Waals surface area contributed by atoms with Crippen LogP contribution in [-0.2, 0) is 16.4 Å². The zero-order valence-corrected chi connectivity index (χ0v) is 13.5. The van der Waals surface area contributed by atoms with E-state index in [0.29, 0.717) is 11.1 Å². The molecule has 3 aromatic rings. The Morgan fingerprint density at radius 2 is 1.79 bits per heavy atom. The van der Waals surface area contributed by atoms with Crippen LogP contribution in [0.1, 0.15) is 5.56 Å². The lowest BCUT2D eigenvalue weighted by Crippen LogP contribution is -2.01. The van der Waals surface area contributed by atoms with Crippen LogP contribution in [0.2, 0.25) is 0 Å². The van der Waals surface area contributed by atoms with Gasteiger partial charge in [-0.1, -0.05) is 23.3 Å². The average molecular weight is 347 g/mol. The maximum atomic E-state index is 13.5. The molecule has 6 nitrogen and oxygen atoms in total. The smallest absolute Gasteiger partial charge is 0.316 e. The third kappa shape index (κ3) is 3.60. The van der Waals surface area contributed by atoms with Crippen molar-refractivity contribution >= 4 is 15.9 Å². The van der Waals surface area contributed by atoms with Gasteiger partial charge in [0.05, 0.1) is 4.90 Å². The fourth-order valence-electron chi connectivity index (χ4n) is 2.07. The van der Waals surface area contributed by atoms with E-state index in [-0.39, 0.29) is 29.2 Å². The molecule has 0 saturated carbocycles. The molecule has 0 unspecified atom stereocenters. The summed E-state index contributed by atoms with van der Waals surface area (Å²) in [4.78, 5) is 0.212.